The highest BCUT2D eigenvalue weighted by atomic mass is 35.5. The summed E-state index contributed by atoms with van der Waals surface area (Å²) in [7, 11) is -7.15. The number of halogens is 1. The zero-order chi connectivity index (χ0) is 20.0. The molecule has 6 nitrogen and oxygen atoms in total. The topological polar surface area (TPSA) is 83.6 Å². The molecule has 2 aromatic rings. The second kappa shape index (κ2) is 7.00. The molecular weight excluding hydrogens is 408 g/mol. The van der Waals surface area contributed by atoms with Crippen LogP contribution >= 0.6 is 11.6 Å². The largest absolute Gasteiger partial charge is 0.280 e. The van der Waals surface area contributed by atoms with E-state index >= 15 is 0 Å². The summed E-state index contributed by atoms with van der Waals surface area (Å²) in [5, 5.41) is 0.515. The smallest absolute Gasteiger partial charge is 0.262 e. The molecule has 1 heterocycles. The summed E-state index contributed by atoms with van der Waals surface area (Å²) in [5.74, 6) is 0. The first-order valence-corrected chi connectivity index (χ1v) is 12.1. The van der Waals surface area contributed by atoms with Crippen LogP contribution in [-0.2, 0) is 26.5 Å². The molecule has 0 radical (unpaired) electrons. The number of anilines is 2. The van der Waals surface area contributed by atoms with Crippen LogP contribution in [0.15, 0.2) is 35.2 Å². The molecule has 0 saturated carbocycles. The molecule has 1 aliphatic rings. The normalized spacial score (nSPS) is 14.7. The molecular formula is C18H21ClN2O4S2. The molecule has 3 rings (SSSR count). The Balaban J connectivity index is 1.96. The SMILES string of the molecule is Cc1cc(S(=O)(=O)Nc2ccc3c(c2)CCCN3S(C)(=O)=O)c(C)cc1Cl. The number of nitrogens with zero attached hydrogens (tertiary/aromatic N) is 1. The van der Waals surface area contributed by atoms with Crippen molar-refractivity contribution in [1.82, 2.24) is 0 Å². The van der Waals surface area contributed by atoms with E-state index in [1.807, 2.05) is 0 Å². The molecule has 9 heteroatoms. The molecule has 0 aliphatic carbocycles. The lowest BCUT2D eigenvalue weighted by atomic mass is 10.0. The summed E-state index contributed by atoms with van der Waals surface area (Å²) < 4.78 is 53.5. The first-order chi connectivity index (χ1) is 12.5. The van der Waals surface area contributed by atoms with Crippen molar-refractivity contribution in [2.45, 2.75) is 31.6 Å². The minimum Gasteiger partial charge on any atom is -0.280 e. The number of nitrogens with one attached hydrogen (secondary N) is 1. The molecule has 0 atom stereocenters. The average Bonchev–Trinajstić information content (AvgIpc) is 2.56. The van der Waals surface area contributed by atoms with E-state index in [0.29, 0.717) is 46.9 Å². The van der Waals surface area contributed by atoms with Gasteiger partial charge in [0.2, 0.25) is 10.0 Å². The Hall–Kier alpha value is -1.77. The van der Waals surface area contributed by atoms with Gasteiger partial charge in [-0.25, -0.2) is 16.8 Å². The van der Waals surface area contributed by atoms with Crippen molar-refractivity contribution in [1.29, 1.82) is 0 Å². The third-order valence-electron chi connectivity index (χ3n) is 4.55. The van der Waals surface area contributed by atoms with Crippen LogP contribution in [0, 0.1) is 13.8 Å². The van der Waals surface area contributed by atoms with Gasteiger partial charge < -0.3 is 0 Å². The van der Waals surface area contributed by atoms with E-state index in [4.69, 9.17) is 11.6 Å². The summed E-state index contributed by atoms with van der Waals surface area (Å²) in [4.78, 5) is 0.167. The average molecular weight is 429 g/mol. The summed E-state index contributed by atoms with van der Waals surface area (Å²) in [6.07, 6.45) is 2.55. The monoisotopic (exact) mass is 428 g/mol. The Kier molecular flexibility index (Phi) is 5.18. The van der Waals surface area contributed by atoms with Gasteiger partial charge in [0.1, 0.15) is 0 Å². The fraction of sp³-hybridized carbons (Fsp3) is 0.333. The molecule has 1 N–H and O–H groups in total. The third kappa shape index (κ3) is 4.07. The summed E-state index contributed by atoms with van der Waals surface area (Å²) in [6.45, 7) is 3.87. The molecule has 0 fully saturated rings. The quantitative estimate of drug-likeness (QED) is 0.808. The van der Waals surface area contributed by atoms with Gasteiger partial charge in [-0.05, 0) is 73.7 Å². The maximum atomic E-state index is 12.8. The first kappa shape index (κ1) is 20.0. The van der Waals surface area contributed by atoms with E-state index in [1.165, 1.54) is 10.6 Å². The van der Waals surface area contributed by atoms with Crippen LogP contribution in [0.3, 0.4) is 0 Å². The first-order valence-electron chi connectivity index (χ1n) is 8.39. The zero-order valence-corrected chi connectivity index (χ0v) is 17.7. The summed E-state index contributed by atoms with van der Waals surface area (Å²) >= 11 is 6.06. The van der Waals surface area contributed by atoms with Crippen molar-refractivity contribution in [2.75, 3.05) is 21.8 Å². The van der Waals surface area contributed by atoms with E-state index in [9.17, 15) is 16.8 Å². The summed E-state index contributed by atoms with van der Waals surface area (Å²) in [5.41, 5.74) is 3.04. The second-order valence-electron chi connectivity index (χ2n) is 6.75. The number of benzene rings is 2. The van der Waals surface area contributed by atoms with Gasteiger partial charge in [0.05, 0.1) is 16.8 Å². The molecule has 1 aliphatic heterocycles. The predicted molar refractivity (Wildman–Crippen MR) is 109 cm³/mol. The molecule has 0 unspecified atom stereocenters. The zero-order valence-electron chi connectivity index (χ0n) is 15.3. The van der Waals surface area contributed by atoms with E-state index in [2.05, 4.69) is 4.72 Å². The lowest BCUT2D eigenvalue weighted by molar-refractivity contribution is 0.592. The van der Waals surface area contributed by atoms with Gasteiger partial charge in [-0.15, -0.1) is 0 Å². The highest BCUT2D eigenvalue weighted by Gasteiger charge is 2.25. The van der Waals surface area contributed by atoms with E-state index in [0.717, 1.165) is 5.56 Å². The molecule has 0 saturated heterocycles. The Labute approximate surface area is 165 Å². The van der Waals surface area contributed by atoms with E-state index in [-0.39, 0.29) is 4.90 Å². The van der Waals surface area contributed by atoms with Crippen LogP contribution in [-0.4, -0.2) is 29.6 Å². The van der Waals surface area contributed by atoms with Gasteiger partial charge in [-0.2, -0.15) is 0 Å². The highest BCUT2D eigenvalue weighted by molar-refractivity contribution is 7.92. The van der Waals surface area contributed by atoms with Gasteiger partial charge >= 0.3 is 0 Å². The molecule has 0 bridgehead atoms. The van der Waals surface area contributed by atoms with Crippen molar-refractivity contribution in [3.63, 3.8) is 0 Å². The number of fused-ring (bicyclic) bond motifs is 1. The number of hydrogen-bond donors (Lipinski definition) is 1. The van der Waals surface area contributed by atoms with Crippen LogP contribution in [0.25, 0.3) is 0 Å². The molecule has 0 amide bonds. The van der Waals surface area contributed by atoms with Crippen molar-refractivity contribution in [2.24, 2.45) is 0 Å². The number of aryl methyl sites for hydroxylation is 3. The Bertz CT molecular complexity index is 1110. The second-order valence-corrected chi connectivity index (χ2v) is 10.7. The van der Waals surface area contributed by atoms with Gasteiger partial charge in [0.25, 0.3) is 10.0 Å². The molecule has 0 aromatic heterocycles. The lowest BCUT2D eigenvalue weighted by Gasteiger charge is -2.29. The molecule has 146 valence electrons. The van der Waals surface area contributed by atoms with Crippen molar-refractivity contribution >= 4 is 43.0 Å². The van der Waals surface area contributed by atoms with Crippen LogP contribution in [0.4, 0.5) is 11.4 Å². The lowest BCUT2D eigenvalue weighted by Crippen LogP contribution is -2.34. The standard InChI is InChI=1S/C18H21ClN2O4S2/c1-12-10-18(13(2)9-16(12)19)27(24,25)20-15-6-7-17-14(11-15)5-4-8-21(17)26(3,22)23/h6-7,9-11,20H,4-5,8H2,1-3H3. The van der Waals surface area contributed by atoms with E-state index in [1.54, 1.807) is 44.2 Å². The predicted octanol–water partition coefficient (Wildman–Crippen LogP) is 3.47. The van der Waals surface area contributed by atoms with Crippen molar-refractivity contribution in [3.05, 3.63) is 52.0 Å². The maximum Gasteiger partial charge on any atom is 0.262 e. The van der Waals surface area contributed by atoms with Crippen LogP contribution in [0.5, 0.6) is 0 Å². The van der Waals surface area contributed by atoms with Crippen LogP contribution in [0.2, 0.25) is 5.02 Å². The Morgan fingerprint density at radius 3 is 2.41 bits per heavy atom. The fourth-order valence-corrected chi connectivity index (χ4v) is 5.80. The van der Waals surface area contributed by atoms with Gasteiger partial charge in [-0.3, -0.25) is 9.03 Å². The van der Waals surface area contributed by atoms with Gasteiger partial charge in [0, 0.05) is 17.3 Å². The van der Waals surface area contributed by atoms with Gasteiger partial charge in [0.15, 0.2) is 0 Å². The Morgan fingerprint density at radius 1 is 1.04 bits per heavy atom. The Morgan fingerprint density at radius 2 is 1.74 bits per heavy atom. The third-order valence-corrected chi connectivity index (χ3v) is 7.66. The number of hydrogen-bond acceptors (Lipinski definition) is 4. The number of rotatable bonds is 4. The minimum atomic E-state index is -3.79. The van der Waals surface area contributed by atoms with E-state index < -0.39 is 20.0 Å². The molecule has 0 spiro atoms. The minimum absolute atomic E-state index is 0.167. The summed E-state index contributed by atoms with van der Waals surface area (Å²) in [6, 6.07) is 8.10. The highest BCUT2D eigenvalue weighted by Crippen LogP contribution is 2.32. The van der Waals surface area contributed by atoms with Gasteiger partial charge in [-0.1, -0.05) is 11.6 Å². The van der Waals surface area contributed by atoms with Crippen LogP contribution < -0.4 is 9.03 Å². The van der Waals surface area contributed by atoms with Crippen LogP contribution in [0.1, 0.15) is 23.1 Å². The number of sulfonamides is 2. The maximum absolute atomic E-state index is 12.8. The van der Waals surface area contributed by atoms with Crippen molar-refractivity contribution < 1.29 is 16.8 Å². The molecule has 2 aromatic carbocycles. The fourth-order valence-electron chi connectivity index (χ4n) is 3.22. The molecule has 27 heavy (non-hydrogen) atoms. The van der Waals surface area contributed by atoms with Crippen molar-refractivity contribution in [3.8, 4) is 0 Å².